The summed E-state index contributed by atoms with van der Waals surface area (Å²) in [6.07, 6.45) is -3.62. The molecular formula is C26H27F3N6O2. The van der Waals surface area contributed by atoms with Gasteiger partial charge in [0.2, 0.25) is 5.91 Å². The smallest absolute Gasteiger partial charge is 0.392 e. The van der Waals surface area contributed by atoms with Gasteiger partial charge in [-0.2, -0.15) is 13.2 Å². The monoisotopic (exact) mass is 512 g/mol. The maximum Gasteiger partial charge on any atom is 0.408 e. The summed E-state index contributed by atoms with van der Waals surface area (Å²) in [5.74, 6) is 0.161. The molecule has 2 atom stereocenters. The van der Waals surface area contributed by atoms with Crippen LogP contribution in [0.2, 0.25) is 0 Å². The first-order valence-corrected chi connectivity index (χ1v) is 12.0. The highest BCUT2D eigenvalue weighted by atomic mass is 19.4. The van der Waals surface area contributed by atoms with Crippen LogP contribution >= 0.6 is 0 Å². The molecule has 194 valence electrons. The average molecular weight is 513 g/mol. The minimum absolute atomic E-state index is 0.0307. The number of anilines is 1. The SMILES string of the molecule is CC(C)(C)C(=O)Nc1ccc2ccc(-c3nnc4ccc([C@@H](N5CCC(O)C5)C(F)(F)F)cn34)nc2c1. The highest BCUT2D eigenvalue weighted by Crippen LogP contribution is 2.39. The van der Waals surface area contributed by atoms with Crippen LogP contribution in [0.15, 0.2) is 48.7 Å². The zero-order valence-electron chi connectivity index (χ0n) is 20.6. The van der Waals surface area contributed by atoms with Gasteiger partial charge in [0.15, 0.2) is 11.5 Å². The van der Waals surface area contributed by atoms with Gasteiger partial charge in [-0.3, -0.25) is 14.1 Å². The number of aromatic nitrogens is 4. The van der Waals surface area contributed by atoms with Crippen LogP contribution in [0.4, 0.5) is 18.9 Å². The topological polar surface area (TPSA) is 95.7 Å². The number of halogens is 3. The standard InChI is InChI=1S/C26H27F3N6O2/c1-25(2,3)24(37)30-17-7-4-15-5-8-19(31-20(15)12-17)23-33-32-21-9-6-16(13-35(21)23)22(26(27,28)29)34-11-10-18(36)14-34/h4-9,12-13,18,22,36H,10-11,14H2,1-3H3,(H,30,37)/t18?,22-/m1/s1. The first-order valence-electron chi connectivity index (χ1n) is 12.0. The van der Waals surface area contributed by atoms with Crippen molar-refractivity contribution in [1.29, 1.82) is 0 Å². The quantitative estimate of drug-likeness (QED) is 0.415. The molecule has 2 N–H and O–H groups in total. The molecule has 1 saturated heterocycles. The van der Waals surface area contributed by atoms with E-state index in [1.54, 1.807) is 18.2 Å². The number of fused-ring (bicyclic) bond motifs is 2. The minimum Gasteiger partial charge on any atom is -0.392 e. The van der Waals surface area contributed by atoms with E-state index in [4.69, 9.17) is 0 Å². The summed E-state index contributed by atoms with van der Waals surface area (Å²) in [5.41, 5.74) is 1.46. The Bertz CT molecular complexity index is 1480. The Morgan fingerprint density at radius 2 is 1.86 bits per heavy atom. The Balaban J connectivity index is 1.53. The second kappa shape index (κ2) is 9.07. The summed E-state index contributed by atoms with van der Waals surface area (Å²) < 4.78 is 43.8. The lowest BCUT2D eigenvalue weighted by atomic mass is 9.95. The lowest BCUT2D eigenvalue weighted by molar-refractivity contribution is -0.184. The molecule has 1 unspecified atom stereocenters. The van der Waals surface area contributed by atoms with Gasteiger partial charge in [0, 0.05) is 35.8 Å². The Labute approximate surface area is 211 Å². The predicted molar refractivity (Wildman–Crippen MR) is 133 cm³/mol. The van der Waals surface area contributed by atoms with Crippen molar-refractivity contribution in [3.63, 3.8) is 0 Å². The van der Waals surface area contributed by atoms with Crippen molar-refractivity contribution in [3.05, 3.63) is 54.2 Å². The molecule has 37 heavy (non-hydrogen) atoms. The molecular weight excluding hydrogens is 485 g/mol. The van der Waals surface area contributed by atoms with Crippen molar-refractivity contribution in [3.8, 4) is 11.5 Å². The van der Waals surface area contributed by atoms with E-state index in [9.17, 15) is 23.1 Å². The molecule has 0 saturated carbocycles. The number of carbonyl (C=O) groups is 1. The summed E-state index contributed by atoms with van der Waals surface area (Å²) in [6, 6.07) is 9.98. The minimum atomic E-state index is -4.53. The first-order chi connectivity index (χ1) is 17.4. The molecule has 1 amide bonds. The number of carbonyl (C=O) groups excluding carboxylic acids is 1. The van der Waals surface area contributed by atoms with Gasteiger partial charge in [0.1, 0.15) is 11.7 Å². The van der Waals surface area contributed by atoms with Gasteiger partial charge in [-0.15, -0.1) is 10.2 Å². The molecule has 4 aromatic rings. The van der Waals surface area contributed by atoms with E-state index in [1.165, 1.54) is 27.6 Å². The molecule has 0 spiro atoms. The number of likely N-dealkylation sites (tertiary alicyclic amines) is 1. The Kier molecular flexibility index (Phi) is 6.15. The van der Waals surface area contributed by atoms with Crippen molar-refractivity contribution in [2.75, 3.05) is 18.4 Å². The largest absolute Gasteiger partial charge is 0.408 e. The molecule has 3 aromatic heterocycles. The number of rotatable bonds is 4. The zero-order chi connectivity index (χ0) is 26.5. The van der Waals surface area contributed by atoms with Crippen molar-refractivity contribution < 1.29 is 23.1 Å². The van der Waals surface area contributed by atoms with Crippen LogP contribution in [0.3, 0.4) is 0 Å². The molecule has 1 aromatic carbocycles. The Hall–Kier alpha value is -3.57. The maximum atomic E-state index is 14.1. The number of pyridine rings is 2. The molecule has 5 rings (SSSR count). The number of aliphatic hydroxyl groups is 1. The maximum absolute atomic E-state index is 14.1. The number of hydrogen-bond donors (Lipinski definition) is 2. The van der Waals surface area contributed by atoms with Gasteiger partial charge >= 0.3 is 6.18 Å². The van der Waals surface area contributed by atoms with Gasteiger partial charge in [-0.05, 0) is 36.2 Å². The van der Waals surface area contributed by atoms with E-state index in [1.807, 2.05) is 32.9 Å². The van der Waals surface area contributed by atoms with Gasteiger partial charge in [0.05, 0.1) is 11.6 Å². The summed E-state index contributed by atoms with van der Waals surface area (Å²) >= 11 is 0. The second-order valence-electron chi connectivity index (χ2n) is 10.4. The van der Waals surface area contributed by atoms with Gasteiger partial charge in [-0.1, -0.05) is 39.0 Å². The molecule has 1 aliphatic rings. The van der Waals surface area contributed by atoms with Gasteiger partial charge in [-0.25, -0.2) is 4.98 Å². The lowest BCUT2D eigenvalue weighted by Crippen LogP contribution is -2.37. The number of alkyl halides is 3. The molecule has 1 aliphatic heterocycles. The Morgan fingerprint density at radius 3 is 2.54 bits per heavy atom. The number of nitrogens with zero attached hydrogens (tertiary/aromatic N) is 5. The molecule has 1 fully saturated rings. The molecule has 11 heteroatoms. The van der Waals surface area contributed by atoms with E-state index in [0.29, 0.717) is 34.8 Å². The van der Waals surface area contributed by atoms with Crippen LogP contribution < -0.4 is 5.32 Å². The second-order valence-corrected chi connectivity index (χ2v) is 10.4. The summed E-state index contributed by atoms with van der Waals surface area (Å²) in [6.45, 7) is 5.56. The summed E-state index contributed by atoms with van der Waals surface area (Å²) in [7, 11) is 0. The summed E-state index contributed by atoms with van der Waals surface area (Å²) in [4.78, 5) is 18.3. The van der Waals surface area contributed by atoms with E-state index >= 15 is 0 Å². The van der Waals surface area contributed by atoms with Crippen LogP contribution in [-0.2, 0) is 4.79 Å². The van der Waals surface area contributed by atoms with Crippen LogP contribution in [0.25, 0.3) is 28.1 Å². The van der Waals surface area contributed by atoms with Crippen LogP contribution in [0.5, 0.6) is 0 Å². The van der Waals surface area contributed by atoms with E-state index < -0.39 is 23.7 Å². The molecule has 0 aliphatic carbocycles. The first kappa shape index (κ1) is 25.1. The number of aliphatic hydroxyl groups excluding tert-OH is 1. The van der Waals surface area contributed by atoms with Gasteiger partial charge in [0.25, 0.3) is 0 Å². The van der Waals surface area contributed by atoms with E-state index in [0.717, 1.165) is 5.39 Å². The number of amides is 1. The number of benzene rings is 1. The fourth-order valence-corrected chi connectivity index (χ4v) is 4.49. The highest BCUT2D eigenvalue weighted by Gasteiger charge is 2.46. The van der Waals surface area contributed by atoms with Crippen molar-refractivity contribution >= 4 is 28.1 Å². The molecule has 8 nitrogen and oxygen atoms in total. The fraction of sp³-hybridized carbons (Fsp3) is 0.385. The lowest BCUT2D eigenvalue weighted by Gasteiger charge is -2.29. The fourth-order valence-electron chi connectivity index (χ4n) is 4.49. The highest BCUT2D eigenvalue weighted by molar-refractivity contribution is 5.96. The Morgan fingerprint density at radius 1 is 1.11 bits per heavy atom. The third-order valence-electron chi connectivity index (χ3n) is 6.47. The van der Waals surface area contributed by atoms with Crippen LogP contribution in [-0.4, -0.2) is 60.9 Å². The number of nitrogens with one attached hydrogen (secondary N) is 1. The van der Waals surface area contributed by atoms with E-state index in [2.05, 4.69) is 20.5 Å². The number of β-amino-alcohol motifs (C(OH)–C–C–N with tert-alkyl or cyclic N) is 1. The molecule has 4 heterocycles. The average Bonchev–Trinajstić information content (AvgIpc) is 3.43. The molecule has 0 bridgehead atoms. The predicted octanol–water partition coefficient (Wildman–Crippen LogP) is 4.60. The van der Waals surface area contributed by atoms with Gasteiger partial charge < -0.3 is 10.4 Å². The van der Waals surface area contributed by atoms with Crippen LogP contribution in [0, 0.1) is 5.41 Å². The third-order valence-corrected chi connectivity index (χ3v) is 6.47. The van der Waals surface area contributed by atoms with Crippen molar-refractivity contribution in [1.82, 2.24) is 24.5 Å². The summed E-state index contributed by atoms with van der Waals surface area (Å²) in [5, 5.41) is 21.8. The number of hydrogen-bond acceptors (Lipinski definition) is 6. The molecule has 0 radical (unpaired) electrons. The van der Waals surface area contributed by atoms with Crippen molar-refractivity contribution in [2.24, 2.45) is 5.41 Å². The third kappa shape index (κ3) is 5.01. The van der Waals surface area contributed by atoms with E-state index in [-0.39, 0.29) is 24.6 Å². The van der Waals surface area contributed by atoms with Crippen LogP contribution in [0.1, 0.15) is 38.8 Å². The normalized spacial score (nSPS) is 18.0. The van der Waals surface area contributed by atoms with Crippen molar-refractivity contribution in [2.45, 2.75) is 45.5 Å². The zero-order valence-corrected chi connectivity index (χ0v) is 20.6.